The molecular weight excluding hydrogens is 258 g/mol. The van der Waals surface area contributed by atoms with Crippen molar-refractivity contribution in [1.29, 1.82) is 0 Å². The molecule has 1 unspecified atom stereocenters. The molecule has 1 atom stereocenters. The number of hydrogen-bond acceptors (Lipinski definition) is 4. The molecule has 102 valence electrons. The van der Waals surface area contributed by atoms with Gasteiger partial charge in [-0.3, -0.25) is 9.59 Å². The highest BCUT2D eigenvalue weighted by Gasteiger charge is 2.39. The van der Waals surface area contributed by atoms with Crippen LogP contribution in [0.25, 0.3) is 0 Å². The Bertz CT molecular complexity index is 585. The first-order valence-electron chi connectivity index (χ1n) is 6.53. The number of imide groups is 1. The van der Waals surface area contributed by atoms with Crippen molar-refractivity contribution in [2.75, 3.05) is 0 Å². The summed E-state index contributed by atoms with van der Waals surface area (Å²) in [6.45, 7) is 0. The highest BCUT2D eigenvalue weighted by atomic mass is 16.7. The fourth-order valence-corrected chi connectivity index (χ4v) is 2.42. The number of nitrogens with zero attached hydrogens (tertiary/aromatic N) is 1. The molecule has 0 aromatic heterocycles. The van der Waals surface area contributed by atoms with Crippen molar-refractivity contribution >= 4 is 17.8 Å². The molecule has 0 fully saturated rings. The fourth-order valence-electron chi connectivity index (χ4n) is 2.42. The quantitative estimate of drug-likeness (QED) is 0.610. The topological polar surface area (TPSA) is 63.7 Å². The average Bonchev–Trinajstić information content (AvgIpc) is 2.74. The van der Waals surface area contributed by atoms with E-state index in [0.717, 1.165) is 6.42 Å². The Morgan fingerprint density at radius 3 is 2.30 bits per heavy atom. The van der Waals surface area contributed by atoms with Crippen LogP contribution in [0.5, 0.6) is 0 Å². The van der Waals surface area contributed by atoms with Gasteiger partial charge in [0.05, 0.1) is 17.0 Å². The van der Waals surface area contributed by atoms with Gasteiger partial charge in [-0.25, -0.2) is 4.79 Å². The van der Waals surface area contributed by atoms with E-state index in [0.29, 0.717) is 17.9 Å². The number of fused-ring (bicyclic) bond motifs is 1. The molecule has 3 rings (SSSR count). The number of rotatable bonds is 2. The van der Waals surface area contributed by atoms with Gasteiger partial charge < -0.3 is 4.84 Å². The predicted molar refractivity (Wildman–Crippen MR) is 69.5 cm³/mol. The van der Waals surface area contributed by atoms with Crippen LogP contribution in [0.3, 0.4) is 0 Å². The van der Waals surface area contributed by atoms with Crippen LogP contribution in [0.1, 0.15) is 40.0 Å². The van der Waals surface area contributed by atoms with E-state index in [1.807, 2.05) is 12.2 Å². The highest BCUT2D eigenvalue weighted by molar-refractivity contribution is 6.20. The van der Waals surface area contributed by atoms with Gasteiger partial charge in [0.15, 0.2) is 0 Å². The summed E-state index contributed by atoms with van der Waals surface area (Å²) >= 11 is 0. The minimum absolute atomic E-state index is 0.272. The molecular formula is C15H13NO4. The lowest BCUT2D eigenvalue weighted by Gasteiger charge is -2.19. The van der Waals surface area contributed by atoms with Gasteiger partial charge in [0.2, 0.25) is 0 Å². The van der Waals surface area contributed by atoms with Crippen LogP contribution in [0, 0.1) is 5.92 Å². The molecule has 0 saturated heterocycles. The number of benzene rings is 1. The third-order valence-corrected chi connectivity index (χ3v) is 3.54. The van der Waals surface area contributed by atoms with Crippen molar-refractivity contribution in [3.63, 3.8) is 0 Å². The van der Waals surface area contributed by atoms with Crippen LogP contribution in [0.4, 0.5) is 0 Å². The van der Waals surface area contributed by atoms with Gasteiger partial charge >= 0.3 is 5.97 Å². The molecule has 2 aliphatic rings. The highest BCUT2D eigenvalue weighted by Crippen LogP contribution is 2.25. The standard InChI is InChI=1S/C15H13NO4/c17-13-11-8-4-5-9-12(11)14(18)16(13)20-15(19)10-6-2-1-3-7-10/h1-2,4-5,8-10H,3,6-7H2. The first kappa shape index (κ1) is 12.6. The van der Waals surface area contributed by atoms with Gasteiger partial charge in [-0.1, -0.05) is 29.3 Å². The Hall–Kier alpha value is -2.43. The summed E-state index contributed by atoms with van der Waals surface area (Å²) in [6.07, 6.45) is 5.99. The summed E-state index contributed by atoms with van der Waals surface area (Å²) in [6, 6.07) is 6.43. The molecule has 1 aliphatic heterocycles. The van der Waals surface area contributed by atoms with E-state index in [2.05, 4.69) is 0 Å². The molecule has 0 bridgehead atoms. The molecule has 1 aliphatic carbocycles. The normalized spacial score (nSPS) is 21.0. The second-order valence-electron chi connectivity index (χ2n) is 4.84. The molecule has 2 amide bonds. The van der Waals surface area contributed by atoms with Gasteiger partial charge in [0.1, 0.15) is 0 Å². The van der Waals surface area contributed by atoms with Crippen molar-refractivity contribution in [1.82, 2.24) is 5.06 Å². The third-order valence-electron chi connectivity index (χ3n) is 3.54. The lowest BCUT2D eigenvalue weighted by atomic mass is 9.95. The van der Waals surface area contributed by atoms with Crippen LogP contribution in [0.2, 0.25) is 0 Å². The Morgan fingerprint density at radius 2 is 1.75 bits per heavy atom. The summed E-state index contributed by atoms with van der Waals surface area (Å²) in [7, 11) is 0. The molecule has 1 aromatic rings. The molecule has 0 saturated carbocycles. The van der Waals surface area contributed by atoms with Gasteiger partial charge in [-0.2, -0.15) is 0 Å². The van der Waals surface area contributed by atoms with Crippen LogP contribution in [-0.4, -0.2) is 22.8 Å². The van der Waals surface area contributed by atoms with E-state index < -0.39 is 17.8 Å². The van der Waals surface area contributed by atoms with Gasteiger partial charge in [0, 0.05) is 0 Å². The van der Waals surface area contributed by atoms with E-state index in [9.17, 15) is 14.4 Å². The zero-order chi connectivity index (χ0) is 14.1. The molecule has 20 heavy (non-hydrogen) atoms. The van der Waals surface area contributed by atoms with Crippen LogP contribution >= 0.6 is 0 Å². The Kier molecular flexibility index (Phi) is 3.10. The van der Waals surface area contributed by atoms with E-state index in [-0.39, 0.29) is 17.0 Å². The van der Waals surface area contributed by atoms with Gasteiger partial charge in [0.25, 0.3) is 11.8 Å². The second kappa shape index (κ2) is 4.92. The third kappa shape index (κ3) is 2.01. The SMILES string of the molecule is O=C(ON1C(=O)c2ccccc2C1=O)C1CC=CCC1. The van der Waals surface area contributed by atoms with Crippen LogP contribution in [0.15, 0.2) is 36.4 Å². The Morgan fingerprint density at radius 1 is 1.10 bits per heavy atom. The summed E-state index contributed by atoms with van der Waals surface area (Å²) in [5.41, 5.74) is 0.544. The fraction of sp³-hybridized carbons (Fsp3) is 0.267. The van der Waals surface area contributed by atoms with E-state index in [1.165, 1.54) is 0 Å². The molecule has 1 aromatic carbocycles. The number of hydrogen-bond donors (Lipinski definition) is 0. The molecule has 0 spiro atoms. The summed E-state index contributed by atoms with van der Waals surface area (Å²) in [5.74, 6) is -1.97. The predicted octanol–water partition coefficient (Wildman–Crippen LogP) is 2.10. The molecule has 5 heteroatoms. The number of hydroxylamine groups is 2. The molecule has 0 radical (unpaired) electrons. The zero-order valence-corrected chi connectivity index (χ0v) is 10.7. The maximum absolute atomic E-state index is 12.0. The number of carbonyl (C=O) groups is 3. The number of allylic oxidation sites excluding steroid dienone is 2. The van der Waals surface area contributed by atoms with E-state index >= 15 is 0 Å². The van der Waals surface area contributed by atoms with Crippen LogP contribution < -0.4 is 0 Å². The van der Waals surface area contributed by atoms with Crippen molar-refractivity contribution in [2.24, 2.45) is 5.92 Å². The minimum atomic E-state index is -0.578. The second-order valence-corrected chi connectivity index (χ2v) is 4.84. The van der Waals surface area contributed by atoms with Crippen molar-refractivity contribution < 1.29 is 19.2 Å². The first-order chi connectivity index (χ1) is 9.68. The monoisotopic (exact) mass is 271 g/mol. The lowest BCUT2D eigenvalue weighted by molar-refractivity contribution is -0.174. The first-order valence-corrected chi connectivity index (χ1v) is 6.53. The van der Waals surface area contributed by atoms with E-state index in [1.54, 1.807) is 24.3 Å². The minimum Gasteiger partial charge on any atom is -0.329 e. The number of amides is 2. The number of carbonyl (C=O) groups excluding carboxylic acids is 3. The van der Waals surface area contributed by atoms with Crippen molar-refractivity contribution in [3.8, 4) is 0 Å². The maximum Gasteiger partial charge on any atom is 0.336 e. The Labute approximate surface area is 115 Å². The summed E-state index contributed by atoms with van der Waals surface area (Å²) < 4.78 is 0. The van der Waals surface area contributed by atoms with Crippen LogP contribution in [-0.2, 0) is 9.63 Å². The molecule has 0 N–H and O–H groups in total. The molecule has 5 nitrogen and oxygen atoms in total. The largest absolute Gasteiger partial charge is 0.336 e. The lowest BCUT2D eigenvalue weighted by Crippen LogP contribution is -2.35. The zero-order valence-electron chi connectivity index (χ0n) is 10.7. The van der Waals surface area contributed by atoms with Gasteiger partial charge in [-0.15, -0.1) is 0 Å². The summed E-state index contributed by atoms with van der Waals surface area (Å²) in [4.78, 5) is 41.1. The van der Waals surface area contributed by atoms with Crippen molar-refractivity contribution in [2.45, 2.75) is 19.3 Å². The smallest absolute Gasteiger partial charge is 0.329 e. The molecule has 1 heterocycles. The van der Waals surface area contributed by atoms with Gasteiger partial charge in [-0.05, 0) is 31.4 Å². The van der Waals surface area contributed by atoms with E-state index in [4.69, 9.17) is 4.84 Å². The maximum atomic E-state index is 12.0. The Balaban J connectivity index is 1.76. The van der Waals surface area contributed by atoms with Crippen molar-refractivity contribution in [3.05, 3.63) is 47.5 Å². The average molecular weight is 271 g/mol. The summed E-state index contributed by atoms with van der Waals surface area (Å²) in [5, 5.41) is 0.575.